The number of hydrogen-bond donors (Lipinski definition) is 2. The van der Waals surface area contributed by atoms with Crippen LogP contribution in [0.5, 0.6) is 0 Å². The largest absolute Gasteiger partial charge is 0.469 e. The van der Waals surface area contributed by atoms with Gasteiger partial charge in [-0.25, -0.2) is 0 Å². The molecule has 0 aromatic heterocycles. The van der Waals surface area contributed by atoms with E-state index in [0.29, 0.717) is 18.3 Å². The Morgan fingerprint density at radius 3 is 2.26 bits per heavy atom. The van der Waals surface area contributed by atoms with Crippen molar-refractivity contribution in [3.05, 3.63) is 11.6 Å². The number of rotatable bonds is 1. The molecule has 0 radical (unpaired) electrons. The molecule has 2 N–H and O–H groups in total. The molecule has 0 spiro atoms. The molecule has 0 amide bonds. The van der Waals surface area contributed by atoms with E-state index in [1.54, 1.807) is 0 Å². The highest BCUT2D eigenvalue weighted by Gasteiger charge is 2.69. The van der Waals surface area contributed by atoms with E-state index in [-0.39, 0.29) is 56.9 Å². The maximum Gasteiger partial charge on any atom is 0.309 e. The summed E-state index contributed by atoms with van der Waals surface area (Å²) < 4.78 is 5.20. The van der Waals surface area contributed by atoms with Crippen molar-refractivity contribution in [2.75, 3.05) is 7.11 Å². The number of aliphatic hydroxyl groups is 2. The van der Waals surface area contributed by atoms with E-state index in [1.165, 1.54) is 25.5 Å². The van der Waals surface area contributed by atoms with Gasteiger partial charge in [-0.15, -0.1) is 0 Å². The number of aliphatic hydroxyl groups excluding tert-OH is 2. The Hall–Kier alpha value is -0.870. The minimum atomic E-state index is -0.474. The van der Waals surface area contributed by atoms with Crippen molar-refractivity contribution in [3.63, 3.8) is 0 Å². The van der Waals surface area contributed by atoms with Gasteiger partial charge in [0.25, 0.3) is 0 Å². The van der Waals surface area contributed by atoms with Gasteiger partial charge in [0.1, 0.15) is 0 Å². The van der Waals surface area contributed by atoms with Gasteiger partial charge in [-0.05, 0) is 96.7 Å². The number of allylic oxidation sites excluding steroid dienone is 2. The normalized spacial score (nSPS) is 54.9. The fourth-order valence-corrected chi connectivity index (χ4v) is 11.1. The second kappa shape index (κ2) is 7.82. The van der Waals surface area contributed by atoms with Gasteiger partial charge in [-0.2, -0.15) is 0 Å². The van der Waals surface area contributed by atoms with E-state index < -0.39 is 6.10 Å². The Morgan fingerprint density at radius 2 is 1.60 bits per heavy atom. The molecule has 198 valence electrons. The van der Waals surface area contributed by atoms with Crippen LogP contribution >= 0.6 is 0 Å². The lowest BCUT2D eigenvalue weighted by molar-refractivity contribution is -0.209. The minimum Gasteiger partial charge on any atom is -0.469 e. The molecule has 4 fully saturated rings. The van der Waals surface area contributed by atoms with Crippen LogP contribution in [0.15, 0.2) is 11.6 Å². The zero-order valence-electron chi connectivity index (χ0n) is 23.5. The van der Waals surface area contributed by atoms with Crippen LogP contribution in [0.4, 0.5) is 0 Å². The van der Waals surface area contributed by atoms with E-state index >= 15 is 0 Å². The van der Waals surface area contributed by atoms with Crippen molar-refractivity contribution >= 4 is 5.97 Å². The van der Waals surface area contributed by atoms with Crippen molar-refractivity contribution in [3.8, 4) is 0 Å². The molecule has 11 atom stereocenters. The SMILES string of the molecule is COC(=O)[C@@H]1C[C@H](O)[C@]2(C)CC[C@]3(C)C(=CC[C@@H]4[C@@]5(C)CC[C@H](O)C(C)(C)[C@@H]5CC[C@]43C)[C@@H]2[C@H]1C. The van der Waals surface area contributed by atoms with Crippen LogP contribution in [-0.4, -0.2) is 35.5 Å². The zero-order chi connectivity index (χ0) is 25.8. The third kappa shape index (κ3) is 3.08. The highest BCUT2D eigenvalue weighted by atomic mass is 16.5. The molecule has 5 rings (SSSR count). The Labute approximate surface area is 213 Å². The van der Waals surface area contributed by atoms with Crippen LogP contribution in [0.3, 0.4) is 0 Å². The Balaban J connectivity index is 1.59. The van der Waals surface area contributed by atoms with Gasteiger partial charge in [0.15, 0.2) is 0 Å². The maximum atomic E-state index is 12.7. The summed E-state index contributed by atoms with van der Waals surface area (Å²) >= 11 is 0. The Morgan fingerprint density at radius 1 is 0.914 bits per heavy atom. The van der Waals surface area contributed by atoms with Crippen LogP contribution in [0.1, 0.15) is 99.8 Å². The second-order valence-corrected chi connectivity index (χ2v) is 14.9. The molecular formula is C31H50O4. The van der Waals surface area contributed by atoms with E-state index in [9.17, 15) is 15.0 Å². The summed E-state index contributed by atoms with van der Waals surface area (Å²) in [6.07, 6.45) is 10.0. The van der Waals surface area contributed by atoms with Crippen molar-refractivity contribution < 1.29 is 19.7 Å². The predicted molar refractivity (Wildman–Crippen MR) is 138 cm³/mol. The lowest BCUT2D eigenvalue weighted by Gasteiger charge is -2.71. The van der Waals surface area contributed by atoms with Crippen molar-refractivity contribution in [2.45, 2.75) is 112 Å². The summed E-state index contributed by atoms with van der Waals surface area (Å²) in [6, 6.07) is 0. The first-order valence-corrected chi connectivity index (χ1v) is 14.3. The Kier molecular flexibility index (Phi) is 5.76. The first kappa shape index (κ1) is 25.8. The summed E-state index contributed by atoms with van der Waals surface area (Å²) in [5.74, 6) is 1.11. The highest BCUT2D eigenvalue weighted by molar-refractivity contribution is 5.73. The molecule has 4 saturated carbocycles. The number of ether oxygens (including phenoxy) is 1. The summed E-state index contributed by atoms with van der Waals surface area (Å²) in [4.78, 5) is 12.7. The monoisotopic (exact) mass is 486 g/mol. The maximum absolute atomic E-state index is 12.7. The standard InChI is InChI=1S/C31H50O4/c1-18-19(26(34)35-8)17-24(33)29(5)15-16-30(6)20(25(18)29)9-10-22-28(4)13-12-23(32)27(2,3)21(28)11-14-31(22,30)7/h9,18-19,21-25,32-33H,10-17H2,1-8H3/t18-,19+,21-,22+,23-,24-,25-,28-,29-,30+,31+/m0/s1. The van der Waals surface area contributed by atoms with Crippen LogP contribution < -0.4 is 0 Å². The van der Waals surface area contributed by atoms with E-state index in [1.807, 2.05) is 0 Å². The molecule has 0 unspecified atom stereocenters. The minimum absolute atomic E-state index is 0.0416. The van der Waals surface area contributed by atoms with Gasteiger partial charge >= 0.3 is 5.97 Å². The predicted octanol–water partition coefficient (Wildman–Crippen LogP) is 6.15. The average molecular weight is 487 g/mol. The molecule has 4 nitrogen and oxygen atoms in total. The van der Waals surface area contributed by atoms with Crippen LogP contribution in [-0.2, 0) is 9.53 Å². The van der Waals surface area contributed by atoms with Crippen LogP contribution in [0.2, 0.25) is 0 Å². The fraction of sp³-hybridized carbons (Fsp3) is 0.903. The number of fused-ring (bicyclic) bond motifs is 7. The van der Waals surface area contributed by atoms with E-state index in [2.05, 4.69) is 54.5 Å². The van der Waals surface area contributed by atoms with E-state index in [0.717, 1.165) is 32.1 Å². The third-order valence-electron chi connectivity index (χ3n) is 13.6. The quantitative estimate of drug-likeness (QED) is 0.345. The Bertz CT molecular complexity index is 923. The lowest BCUT2D eigenvalue weighted by Crippen LogP contribution is -2.65. The van der Waals surface area contributed by atoms with Crippen molar-refractivity contribution in [1.82, 2.24) is 0 Å². The number of hydrogen-bond acceptors (Lipinski definition) is 4. The number of methoxy groups -OCH3 is 1. The molecule has 4 heteroatoms. The molecule has 0 bridgehead atoms. The topological polar surface area (TPSA) is 66.8 Å². The highest BCUT2D eigenvalue weighted by Crippen LogP contribution is 2.75. The van der Waals surface area contributed by atoms with Gasteiger partial charge in [0.05, 0.1) is 25.2 Å². The van der Waals surface area contributed by atoms with Gasteiger partial charge in [0, 0.05) is 5.41 Å². The molecule has 0 heterocycles. The molecule has 0 aliphatic heterocycles. The number of carbonyl (C=O) groups is 1. The molecule has 0 aromatic carbocycles. The lowest BCUT2D eigenvalue weighted by atomic mass is 9.33. The third-order valence-corrected chi connectivity index (χ3v) is 13.6. The first-order valence-electron chi connectivity index (χ1n) is 14.3. The molecule has 5 aliphatic rings. The van der Waals surface area contributed by atoms with Crippen LogP contribution in [0, 0.1) is 56.7 Å². The molecule has 0 saturated heterocycles. The summed E-state index contributed by atoms with van der Waals surface area (Å²) in [6.45, 7) is 16.8. The van der Waals surface area contributed by atoms with Crippen molar-refractivity contribution in [2.24, 2.45) is 56.7 Å². The number of esters is 1. The molecular weight excluding hydrogens is 436 g/mol. The summed E-state index contributed by atoms with van der Waals surface area (Å²) in [5.41, 5.74) is 1.79. The molecule has 35 heavy (non-hydrogen) atoms. The molecule has 5 aliphatic carbocycles. The summed E-state index contributed by atoms with van der Waals surface area (Å²) in [7, 11) is 1.48. The van der Waals surface area contributed by atoms with Crippen molar-refractivity contribution in [1.29, 1.82) is 0 Å². The van der Waals surface area contributed by atoms with E-state index in [4.69, 9.17) is 4.74 Å². The second-order valence-electron chi connectivity index (χ2n) is 14.9. The van der Waals surface area contributed by atoms with Gasteiger partial charge < -0.3 is 14.9 Å². The van der Waals surface area contributed by atoms with Crippen LogP contribution in [0.25, 0.3) is 0 Å². The van der Waals surface area contributed by atoms with Gasteiger partial charge in [0.2, 0.25) is 0 Å². The smallest absolute Gasteiger partial charge is 0.309 e. The number of carbonyl (C=O) groups excluding carboxylic acids is 1. The average Bonchev–Trinajstić information content (AvgIpc) is 2.79. The van der Waals surface area contributed by atoms with Gasteiger partial charge in [-0.1, -0.05) is 60.1 Å². The first-order chi connectivity index (χ1) is 16.2. The van der Waals surface area contributed by atoms with Gasteiger partial charge in [-0.3, -0.25) is 4.79 Å². The zero-order valence-corrected chi connectivity index (χ0v) is 23.5. The summed E-state index contributed by atoms with van der Waals surface area (Å²) in [5, 5.41) is 22.3. The molecule has 0 aromatic rings. The fourth-order valence-electron chi connectivity index (χ4n) is 11.1.